The van der Waals surface area contributed by atoms with Gasteiger partial charge in [-0.1, -0.05) is 35.0 Å². The van der Waals surface area contributed by atoms with Gasteiger partial charge in [0, 0.05) is 36.0 Å². The minimum atomic E-state index is -0.0765. The van der Waals surface area contributed by atoms with Gasteiger partial charge in [0.05, 0.1) is 7.11 Å². The molecule has 27 heavy (non-hydrogen) atoms. The van der Waals surface area contributed by atoms with Crippen LogP contribution in [0.3, 0.4) is 0 Å². The summed E-state index contributed by atoms with van der Waals surface area (Å²) in [5.41, 5.74) is 1.82. The normalized spacial score (nSPS) is 16.7. The predicted octanol–water partition coefficient (Wildman–Crippen LogP) is 3.91. The van der Waals surface area contributed by atoms with Crippen LogP contribution in [0.5, 0.6) is 5.75 Å². The highest BCUT2D eigenvalue weighted by atomic mass is 35.5. The Balaban J connectivity index is 1.46. The van der Waals surface area contributed by atoms with Crippen molar-refractivity contribution in [2.24, 2.45) is 0 Å². The highest BCUT2D eigenvalue weighted by Gasteiger charge is 2.33. The monoisotopic (exact) mass is 383 g/mol. The Morgan fingerprint density at radius 3 is 2.81 bits per heavy atom. The molecule has 1 aliphatic rings. The first-order chi connectivity index (χ1) is 13.1. The first kappa shape index (κ1) is 17.5. The first-order valence-electron chi connectivity index (χ1n) is 8.62. The van der Waals surface area contributed by atoms with Crippen molar-refractivity contribution in [3.63, 3.8) is 0 Å². The van der Waals surface area contributed by atoms with Gasteiger partial charge in [0.25, 0.3) is 5.89 Å². The smallest absolute Gasteiger partial charge is 0.257 e. The fourth-order valence-corrected chi connectivity index (χ4v) is 3.38. The van der Waals surface area contributed by atoms with E-state index < -0.39 is 0 Å². The number of carbonyl (C=O) groups excluding carboxylic acids is 1. The summed E-state index contributed by atoms with van der Waals surface area (Å²) in [6.45, 7) is 1.12. The zero-order valence-electron chi connectivity index (χ0n) is 14.8. The van der Waals surface area contributed by atoms with Gasteiger partial charge in [0.1, 0.15) is 5.75 Å². The lowest BCUT2D eigenvalue weighted by Gasteiger charge is -2.16. The summed E-state index contributed by atoms with van der Waals surface area (Å²) in [7, 11) is 1.63. The summed E-state index contributed by atoms with van der Waals surface area (Å²) < 4.78 is 10.5. The Labute approximate surface area is 161 Å². The number of benzene rings is 2. The second-order valence-electron chi connectivity index (χ2n) is 6.49. The number of halogens is 1. The van der Waals surface area contributed by atoms with E-state index in [1.807, 2.05) is 41.3 Å². The molecule has 2 heterocycles. The molecule has 6 nitrogen and oxygen atoms in total. The number of hydrogen-bond donors (Lipinski definition) is 0. The molecule has 7 heteroatoms. The zero-order valence-corrected chi connectivity index (χ0v) is 15.5. The molecule has 0 aliphatic carbocycles. The van der Waals surface area contributed by atoms with E-state index in [1.165, 1.54) is 0 Å². The van der Waals surface area contributed by atoms with E-state index in [0.717, 1.165) is 16.9 Å². The van der Waals surface area contributed by atoms with Crippen LogP contribution >= 0.6 is 11.6 Å². The maximum absolute atomic E-state index is 12.4. The molecule has 1 unspecified atom stereocenters. The molecule has 1 aliphatic heterocycles. The molecule has 0 saturated carbocycles. The van der Waals surface area contributed by atoms with E-state index in [-0.39, 0.29) is 11.8 Å². The Morgan fingerprint density at radius 1 is 1.26 bits per heavy atom. The van der Waals surface area contributed by atoms with Crippen LogP contribution in [0.15, 0.2) is 53.1 Å². The van der Waals surface area contributed by atoms with Gasteiger partial charge in [-0.25, -0.2) is 0 Å². The van der Waals surface area contributed by atoms with Gasteiger partial charge in [0.2, 0.25) is 5.91 Å². The maximum atomic E-state index is 12.4. The first-order valence-corrected chi connectivity index (χ1v) is 9.00. The van der Waals surface area contributed by atoms with Crippen molar-refractivity contribution in [2.75, 3.05) is 13.7 Å². The number of methoxy groups -OCH3 is 1. The number of rotatable bonds is 5. The van der Waals surface area contributed by atoms with Gasteiger partial charge in [-0.2, -0.15) is 4.98 Å². The number of amides is 1. The lowest BCUT2D eigenvalue weighted by molar-refractivity contribution is -0.128. The summed E-state index contributed by atoms with van der Waals surface area (Å²) in [4.78, 5) is 18.7. The van der Waals surface area contributed by atoms with E-state index in [2.05, 4.69) is 10.1 Å². The summed E-state index contributed by atoms with van der Waals surface area (Å²) in [6, 6.07) is 15.0. The van der Waals surface area contributed by atoms with Crippen molar-refractivity contribution < 1.29 is 14.1 Å². The van der Waals surface area contributed by atoms with Crippen molar-refractivity contribution in [1.29, 1.82) is 0 Å². The van der Waals surface area contributed by atoms with Crippen LogP contribution in [0.4, 0.5) is 0 Å². The molecule has 2 aromatic carbocycles. The minimum absolute atomic E-state index is 0.0765. The van der Waals surface area contributed by atoms with E-state index in [9.17, 15) is 4.79 Å². The maximum Gasteiger partial charge on any atom is 0.257 e. The minimum Gasteiger partial charge on any atom is -0.497 e. The van der Waals surface area contributed by atoms with Crippen molar-refractivity contribution in [3.8, 4) is 17.2 Å². The molecule has 0 radical (unpaired) electrons. The molecule has 1 fully saturated rings. The second-order valence-corrected chi connectivity index (χ2v) is 6.93. The number of ether oxygens (including phenoxy) is 1. The third kappa shape index (κ3) is 3.80. The molecule has 138 valence electrons. The highest BCUT2D eigenvalue weighted by Crippen LogP contribution is 2.30. The molecule has 0 N–H and O–H groups in total. The molecule has 1 aromatic heterocycles. The van der Waals surface area contributed by atoms with Crippen LogP contribution in [0.25, 0.3) is 11.5 Å². The number of aromatic nitrogens is 2. The largest absolute Gasteiger partial charge is 0.497 e. The van der Waals surface area contributed by atoms with Crippen LogP contribution in [-0.4, -0.2) is 34.6 Å². The standard InChI is InChI=1S/C20H18ClN3O3/c1-26-17-7-5-13(6-8-17)11-24-12-15(10-18(24)25)19-22-20(27-23-19)14-3-2-4-16(21)9-14/h2-9,15H,10-12H2,1H3. The third-order valence-electron chi connectivity index (χ3n) is 4.63. The Morgan fingerprint density at radius 2 is 2.07 bits per heavy atom. The van der Waals surface area contributed by atoms with Crippen LogP contribution in [0.2, 0.25) is 5.02 Å². The van der Waals surface area contributed by atoms with Crippen LogP contribution < -0.4 is 4.74 Å². The average Bonchev–Trinajstić information content (AvgIpc) is 3.30. The summed E-state index contributed by atoms with van der Waals surface area (Å²) in [5, 5.41) is 4.68. The Kier molecular flexibility index (Phi) is 4.81. The lowest BCUT2D eigenvalue weighted by atomic mass is 10.1. The van der Waals surface area contributed by atoms with Gasteiger partial charge in [-0.05, 0) is 35.9 Å². The van der Waals surface area contributed by atoms with Crippen LogP contribution in [-0.2, 0) is 11.3 Å². The van der Waals surface area contributed by atoms with Crippen molar-refractivity contribution in [2.45, 2.75) is 18.9 Å². The molecule has 0 spiro atoms. The zero-order chi connectivity index (χ0) is 18.8. The Bertz CT molecular complexity index is 955. The summed E-state index contributed by atoms with van der Waals surface area (Å²) in [5.74, 6) is 1.77. The van der Waals surface area contributed by atoms with Gasteiger partial charge in [0.15, 0.2) is 5.82 Å². The number of nitrogens with zero attached hydrogens (tertiary/aromatic N) is 3. The fourth-order valence-electron chi connectivity index (χ4n) is 3.19. The summed E-state index contributed by atoms with van der Waals surface area (Å²) in [6.07, 6.45) is 0.380. The predicted molar refractivity (Wildman–Crippen MR) is 101 cm³/mol. The van der Waals surface area contributed by atoms with Crippen molar-refractivity contribution >= 4 is 17.5 Å². The number of carbonyl (C=O) groups is 1. The molecular formula is C20H18ClN3O3. The molecule has 1 atom stereocenters. The van der Waals surface area contributed by atoms with Gasteiger partial charge < -0.3 is 14.2 Å². The van der Waals surface area contributed by atoms with Crippen LogP contribution in [0.1, 0.15) is 23.7 Å². The SMILES string of the molecule is COc1ccc(CN2CC(c3noc(-c4cccc(Cl)c4)n3)CC2=O)cc1. The lowest BCUT2D eigenvalue weighted by Crippen LogP contribution is -2.24. The number of likely N-dealkylation sites (tertiary alicyclic amines) is 1. The van der Waals surface area contributed by atoms with Gasteiger partial charge >= 0.3 is 0 Å². The fraction of sp³-hybridized carbons (Fsp3) is 0.250. The van der Waals surface area contributed by atoms with E-state index in [4.69, 9.17) is 20.9 Å². The highest BCUT2D eigenvalue weighted by molar-refractivity contribution is 6.30. The quantitative estimate of drug-likeness (QED) is 0.668. The second kappa shape index (κ2) is 7.40. The summed E-state index contributed by atoms with van der Waals surface area (Å²) >= 11 is 6.01. The molecular weight excluding hydrogens is 366 g/mol. The number of hydrogen-bond acceptors (Lipinski definition) is 5. The molecule has 4 rings (SSSR count). The molecule has 1 amide bonds. The van der Waals surface area contributed by atoms with Gasteiger partial charge in [-0.3, -0.25) is 4.79 Å². The average molecular weight is 384 g/mol. The van der Waals surface area contributed by atoms with Crippen molar-refractivity contribution in [3.05, 3.63) is 64.9 Å². The third-order valence-corrected chi connectivity index (χ3v) is 4.86. The molecule has 1 saturated heterocycles. The van der Waals surface area contributed by atoms with Gasteiger partial charge in [-0.15, -0.1) is 0 Å². The van der Waals surface area contributed by atoms with E-state index in [1.54, 1.807) is 19.2 Å². The van der Waals surface area contributed by atoms with E-state index >= 15 is 0 Å². The van der Waals surface area contributed by atoms with Crippen molar-refractivity contribution in [1.82, 2.24) is 15.0 Å². The molecule has 0 bridgehead atoms. The molecule has 3 aromatic rings. The topological polar surface area (TPSA) is 68.5 Å². The Hall–Kier alpha value is -2.86. The van der Waals surface area contributed by atoms with Crippen LogP contribution in [0, 0.1) is 0 Å². The van der Waals surface area contributed by atoms with E-state index in [0.29, 0.717) is 36.2 Å².